The maximum absolute atomic E-state index is 12.4. The van der Waals surface area contributed by atoms with Gasteiger partial charge < -0.3 is 19.2 Å². The molecule has 0 spiro atoms. The molecule has 22 heavy (non-hydrogen) atoms. The van der Waals surface area contributed by atoms with Gasteiger partial charge in [0, 0.05) is 13.0 Å². The monoisotopic (exact) mass is 304 g/mol. The van der Waals surface area contributed by atoms with Gasteiger partial charge >= 0.3 is 0 Å². The SMILES string of the molecule is COc1ccc(NC(=O)c2oc(C)nc2C(C)C)c(OC)c1. The van der Waals surface area contributed by atoms with E-state index in [0.717, 1.165) is 0 Å². The molecule has 0 aliphatic rings. The third-order valence-corrected chi connectivity index (χ3v) is 3.17. The van der Waals surface area contributed by atoms with Crippen molar-refractivity contribution >= 4 is 11.6 Å². The first-order valence-corrected chi connectivity index (χ1v) is 6.97. The number of aromatic nitrogens is 1. The average Bonchev–Trinajstić information content (AvgIpc) is 2.90. The van der Waals surface area contributed by atoms with E-state index in [0.29, 0.717) is 28.8 Å². The summed E-state index contributed by atoms with van der Waals surface area (Å²) in [6, 6.07) is 5.16. The van der Waals surface area contributed by atoms with Crippen molar-refractivity contribution in [2.45, 2.75) is 26.7 Å². The van der Waals surface area contributed by atoms with Crippen LogP contribution in [0.1, 0.15) is 41.9 Å². The van der Waals surface area contributed by atoms with Gasteiger partial charge in [-0.15, -0.1) is 0 Å². The van der Waals surface area contributed by atoms with E-state index in [1.165, 1.54) is 7.11 Å². The summed E-state index contributed by atoms with van der Waals surface area (Å²) in [6.07, 6.45) is 0. The molecule has 0 radical (unpaired) electrons. The molecule has 1 heterocycles. The number of hydrogen-bond donors (Lipinski definition) is 1. The van der Waals surface area contributed by atoms with E-state index in [9.17, 15) is 4.79 Å². The molecule has 6 heteroatoms. The van der Waals surface area contributed by atoms with Crippen molar-refractivity contribution in [3.63, 3.8) is 0 Å². The molecule has 0 unspecified atom stereocenters. The van der Waals surface area contributed by atoms with E-state index >= 15 is 0 Å². The second kappa shape index (κ2) is 6.51. The summed E-state index contributed by atoms with van der Waals surface area (Å²) < 4.78 is 15.8. The quantitative estimate of drug-likeness (QED) is 0.916. The van der Waals surface area contributed by atoms with E-state index in [1.54, 1.807) is 32.2 Å². The molecule has 2 aromatic rings. The average molecular weight is 304 g/mol. The molecule has 0 bridgehead atoms. The summed E-state index contributed by atoms with van der Waals surface area (Å²) in [5.74, 6) is 1.59. The summed E-state index contributed by atoms with van der Waals surface area (Å²) in [5, 5.41) is 2.78. The van der Waals surface area contributed by atoms with Gasteiger partial charge in [0.2, 0.25) is 5.76 Å². The Morgan fingerprint density at radius 1 is 1.27 bits per heavy atom. The zero-order chi connectivity index (χ0) is 16.3. The Kier molecular flexibility index (Phi) is 4.70. The Balaban J connectivity index is 2.29. The van der Waals surface area contributed by atoms with E-state index < -0.39 is 0 Å². The molecule has 0 aliphatic carbocycles. The number of oxazole rings is 1. The van der Waals surface area contributed by atoms with Crippen LogP contribution < -0.4 is 14.8 Å². The minimum absolute atomic E-state index is 0.0935. The Morgan fingerprint density at radius 3 is 2.59 bits per heavy atom. The van der Waals surface area contributed by atoms with Crippen molar-refractivity contribution < 1.29 is 18.7 Å². The first-order chi connectivity index (χ1) is 10.5. The van der Waals surface area contributed by atoms with Crippen molar-refractivity contribution in [1.82, 2.24) is 4.98 Å². The van der Waals surface area contributed by atoms with Crippen LogP contribution in [0.25, 0.3) is 0 Å². The van der Waals surface area contributed by atoms with Gasteiger partial charge in [-0.25, -0.2) is 4.98 Å². The number of nitrogens with zero attached hydrogens (tertiary/aromatic N) is 1. The van der Waals surface area contributed by atoms with E-state index in [2.05, 4.69) is 10.3 Å². The number of aryl methyl sites for hydroxylation is 1. The largest absolute Gasteiger partial charge is 0.497 e. The fraction of sp³-hybridized carbons (Fsp3) is 0.375. The van der Waals surface area contributed by atoms with Crippen molar-refractivity contribution in [2.24, 2.45) is 0 Å². The standard InChI is InChI=1S/C16H20N2O4/c1-9(2)14-15(22-10(3)17-14)16(19)18-12-7-6-11(20-4)8-13(12)21-5/h6-9H,1-5H3,(H,18,19). The maximum atomic E-state index is 12.4. The summed E-state index contributed by atoms with van der Waals surface area (Å²) in [6.45, 7) is 5.64. The molecule has 0 fully saturated rings. The Hall–Kier alpha value is -2.50. The number of ether oxygens (including phenoxy) is 2. The highest BCUT2D eigenvalue weighted by Crippen LogP contribution is 2.30. The number of carbonyl (C=O) groups excluding carboxylic acids is 1. The lowest BCUT2D eigenvalue weighted by Gasteiger charge is -2.11. The highest BCUT2D eigenvalue weighted by molar-refractivity contribution is 6.04. The molecule has 0 saturated heterocycles. The summed E-state index contributed by atoms with van der Waals surface area (Å²) >= 11 is 0. The van der Waals surface area contributed by atoms with Crippen LogP contribution >= 0.6 is 0 Å². The van der Waals surface area contributed by atoms with Gasteiger partial charge in [-0.05, 0) is 18.1 Å². The molecule has 2 rings (SSSR count). The van der Waals surface area contributed by atoms with Crippen molar-refractivity contribution in [3.8, 4) is 11.5 Å². The number of carbonyl (C=O) groups is 1. The summed E-state index contributed by atoms with van der Waals surface area (Å²) in [5.41, 5.74) is 1.18. The third-order valence-electron chi connectivity index (χ3n) is 3.17. The molecule has 1 aromatic heterocycles. The topological polar surface area (TPSA) is 73.6 Å². The maximum Gasteiger partial charge on any atom is 0.293 e. The van der Waals surface area contributed by atoms with Crippen LogP contribution in [0.3, 0.4) is 0 Å². The first-order valence-electron chi connectivity index (χ1n) is 6.97. The smallest absolute Gasteiger partial charge is 0.293 e. The van der Waals surface area contributed by atoms with Gasteiger partial charge in [-0.2, -0.15) is 0 Å². The van der Waals surface area contributed by atoms with Crippen LogP contribution in [-0.4, -0.2) is 25.1 Å². The number of hydrogen-bond acceptors (Lipinski definition) is 5. The predicted molar refractivity (Wildman–Crippen MR) is 82.8 cm³/mol. The molecule has 0 aliphatic heterocycles. The van der Waals surface area contributed by atoms with Gasteiger partial charge in [0.05, 0.1) is 25.6 Å². The van der Waals surface area contributed by atoms with E-state index in [4.69, 9.17) is 13.9 Å². The van der Waals surface area contributed by atoms with Crippen LogP contribution in [-0.2, 0) is 0 Å². The van der Waals surface area contributed by atoms with Gasteiger partial charge in [0.15, 0.2) is 5.89 Å². The number of amides is 1. The van der Waals surface area contributed by atoms with Crippen LogP contribution in [0.2, 0.25) is 0 Å². The zero-order valence-corrected chi connectivity index (χ0v) is 13.4. The highest BCUT2D eigenvalue weighted by Gasteiger charge is 2.22. The van der Waals surface area contributed by atoms with E-state index in [1.807, 2.05) is 13.8 Å². The van der Waals surface area contributed by atoms with Gasteiger partial charge in [0.25, 0.3) is 5.91 Å². The normalized spacial score (nSPS) is 10.6. The Bertz CT molecular complexity index is 677. The predicted octanol–water partition coefficient (Wildman–Crippen LogP) is 3.38. The van der Waals surface area contributed by atoms with Crippen LogP contribution in [0.15, 0.2) is 22.6 Å². The molecular weight excluding hydrogens is 284 g/mol. The minimum atomic E-state index is -0.354. The fourth-order valence-corrected chi connectivity index (χ4v) is 2.08. The van der Waals surface area contributed by atoms with Crippen molar-refractivity contribution in [3.05, 3.63) is 35.5 Å². The summed E-state index contributed by atoms with van der Waals surface area (Å²) in [4.78, 5) is 16.7. The second-order valence-electron chi connectivity index (χ2n) is 5.12. The Morgan fingerprint density at radius 2 is 2.00 bits per heavy atom. The number of methoxy groups -OCH3 is 2. The first kappa shape index (κ1) is 15.9. The molecule has 118 valence electrons. The van der Waals surface area contributed by atoms with Gasteiger partial charge in [-0.3, -0.25) is 4.79 Å². The molecular formula is C16H20N2O4. The molecule has 1 N–H and O–H groups in total. The van der Waals surface area contributed by atoms with Gasteiger partial charge in [0.1, 0.15) is 11.5 Å². The second-order valence-corrected chi connectivity index (χ2v) is 5.12. The molecule has 0 atom stereocenters. The Labute approximate surface area is 129 Å². The van der Waals surface area contributed by atoms with E-state index in [-0.39, 0.29) is 17.6 Å². The minimum Gasteiger partial charge on any atom is -0.497 e. The summed E-state index contributed by atoms with van der Waals surface area (Å²) in [7, 11) is 3.10. The molecule has 0 saturated carbocycles. The number of rotatable bonds is 5. The number of nitrogens with one attached hydrogen (secondary N) is 1. The fourth-order valence-electron chi connectivity index (χ4n) is 2.08. The third kappa shape index (κ3) is 3.21. The number of benzene rings is 1. The van der Waals surface area contributed by atoms with Crippen LogP contribution in [0.4, 0.5) is 5.69 Å². The molecule has 1 amide bonds. The van der Waals surface area contributed by atoms with Crippen LogP contribution in [0.5, 0.6) is 11.5 Å². The highest BCUT2D eigenvalue weighted by atomic mass is 16.5. The molecule has 1 aromatic carbocycles. The van der Waals surface area contributed by atoms with Crippen molar-refractivity contribution in [1.29, 1.82) is 0 Å². The lowest BCUT2D eigenvalue weighted by molar-refractivity contribution is 0.0993. The number of anilines is 1. The van der Waals surface area contributed by atoms with Crippen molar-refractivity contribution in [2.75, 3.05) is 19.5 Å². The lowest BCUT2D eigenvalue weighted by Crippen LogP contribution is -2.14. The lowest BCUT2D eigenvalue weighted by atomic mass is 10.1. The molecule has 6 nitrogen and oxygen atoms in total. The zero-order valence-electron chi connectivity index (χ0n) is 13.4. The van der Waals surface area contributed by atoms with Crippen LogP contribution in [0, 0.1) is 6.92 Å². The van der Waals surface area contributed by atoms with Gasteiger partial charge in [-0.1, -0.05) is 13.8 Å².